The number of hydrogen-bond acceptors (Lipinski definition) is 3. The molecule has 80 valence electrons. The fourth-order valence-electron chi connectivity index (χ4n) is 1.16. The van der Waals surface area contributed by atoms with Crippen molar-refractivity contribution in [2.75, 3.05) is 0 Å². The molecule has 0 bridgehead atoms. The number of halogens is 3. The largest absolute Gasteiger partial charge is 0.392 e. The van der Waals surface area contributed by atoms with Crippen LogP contribution >= 0.6 is 15.9 Å². The Labute approximate surface area is 93.5 Å². The van der Waals surface area contributed by atoms with Crippen molar-refractivity contribution in [3.63, 3.8) is 0 Å². The zero-order chi connectivity index (χ0) is 11.4. The molecule has 6 heteroatoms. The fourth-order valence-corrected chi connectivity index (χ4v) is 1.45. The Bertz CT molecular complexity index is 404. The van der Waals surface area contributed by atoms with E-state index in [-0.39, 0.29) is 11.1 Å². The highest BCUT2D eigenvalue weighted by Crippen LogP contribution is 2.24. The molecule has 0 fully saturated rings. The van der Waals surface area contributed by atoms with Gasteiger partial charge < -0.3 is 5.11 Å². The monoisotopic (exact) mass is 276 g/mol. The molecule has 1 rings (SSSR count). The fraction of sp³-hybridized carbons (Fsp3) is 0.333. The van der Waals surface area contributed by atoms with Crippen molar-refractivity contribution < 1.29 is 13.9 Å². The Morgan fingerprint density at radius 3 is 2.67 bits per heavy atom. The van der Waals surface area contributed by atoms with Crippen LogP contribution in [0.15, 0.2) is 6.07 Å². The van der Waals surface area contributed by atoms with E-state index in [4.69, 9.17) is 10.4 Å². The van der Waals surface area contributed by atoms with Gasteiger partial charge in [0, 0.05) is 5.33 Å². The highest BCUT2D eigenvalue weighted by atomic mass is 79.9. The van der Waals surface area contributed by atoms with Crippen LogP contribution in [0.25, 0.3) is 0 Å². The first kappa shape index (κ1) is 12.0. The van der Waals surface area contributed by atoms with Crippen LogP contribution in [0.1, 0.15) is 28.9 Å². The maximum Gasteiger partial charge on any atom is 0.281 e. The molecule has 0 unspecified atom stereocenters. The molecule has 0 aliphatic heterocycles. The lowest BCUT2D eigenvalue weighted by molar-refractivity contribution is 0.145. The zero-order valence-electron chi connectivity index (χ0n) is 7.54. The molecule has 0 aromatic carbocycles. The van der Waals surface area contributed by atoms with Crippen LogP contribution < -0.4 is 0 Å². The molecule has 1 aromatic heterocycles. The van der Waals surface area contributed by atoms with Crippen LogP contribution in [0.3, 0.4) is 0 Å². The average Bonchev–Trinajstić information content (AvgIpc) is 2.26. The number of nitrogens with zero attached hydrogens (tertiary/aromatic N) is 2. The summed E-state index contributed by atoms with van der Waals surface area (Å²) >= 11 is 3.08. The standard InChI is InChI=1S/C9H7BrF2N2O/c10-2-6-1-5(4-15)7(3-13)8(14-6)9(11)12/h1,9,15H,2,4H2. The Kier molecular flexibility index (Phi) is 4.12. The van der Waals surface area contributed by atoms with Gasteiger partial charge in [-0.1, -0.05) is 15.9 Å². The van der Waals surface area contributed by atoms with Crippen molar-refractivity contribution in [2.24, 2.45) is 0 Å². The lowest BCUT2D eigenvalue weighted by atomic mass is 10.1. The third-order valence-corrected chi connectivity index (χ3v) is 2.38. The summed E-state index contributed by atoms with van der Waals surface area (Å²) in [7, 11) is 0. The molecule has 0 saturated heterocycles. The molecule has 1 aromatic rings. The lowest BCUT2D eigenvalue weighted by Gasteiger charge is -2.08. The molecule has 3 nitrogen and oxygen atoms in total. The molecule has 15 heavy (non-hydrogen) atoms. The summed E-state index contributed by atoms with van der Waals surface area (Å²) in [5, 5.41) is 17.9. The van der Waals surface area contributed by atoms with Crippen LogP contribution in [0.2, 0.25) is 0 Å². The van der Waals surface area contributed by atoms with E-state index in [0.29, 0.717) is 11.0 Å². The van der Waals surface area contributed by atoms with Gasteiger partial charge in [-0.2, -0.15) is 5.26 Å². The highest BCUT2D eigenvalue weighted by molar-refractivity contribution is 9.08. The minimum absolute atomic E-state index is 0.178. The van der Waals surface area contributed by atoms with E-state index in [9.17, 15) is 8.78 Å². The van der Waals surface area contributed by atoms with Gasteiger partial charge >= 0.3 is 0 Å². The van der Waals surface area contributed by atoms with Crippen molar-refractivity contribution in [1.29, 1.82) is 5.26 Å². The van der Waals surface area contributed by atoms with Gasteiger partial charge in [-0.05, 0) is 11.6 Å². The third-order valence-electron chi connectivity index (χ3n) is 1.81. The second kappa shape index (κ2) is 5.14. The van der Waals surface area contributed by atoms with Crippen LogP contribution in [-0.2, 0) is 11.9 Å². The Hall–Kier alpha value is -1.06. The summed E-state index contributed by atoms with van der Waals surface area (Å²) in [4.78, 5) is 3.64. The summed E-state index contributed by atoms with van der Waals surface area (Å²) in [6.45, 7) is -0.453. The minimum atomic E-state index is -2.82. The first-order valence-corrected chi connectivity index (χ1v) is 5.14. The smallest absolute Gasteiger partial charge is 0.281 e. The van der Waals surface area contributed by atoms with Crippen molar-refractivity contribution in [3.05, 3.63) is 28.6 Å². The number of aliphatic hydroxyl groups is 1. The molecule has 0 atom stereocenters. The average molecular weight is 277 g/mol. The van der Waals surface area contributed by atoms with Gasteiger partial charge in [0.05, 0.1) is 17.9 Å². The van der Waals surface area contributed by atoms with E-state index < -0.39 is 18.7 Å². The van der Waals surface area contributed by atoms with E-state index in [1.54, 1.807) is 6.07 Å². The van der Waals surface area contributed by atoms with Crippen LogP contribution in [-0.4, -0.2) is 10.1 Å². The van der Waals surface area contributed by atoms with E-state index in [2.05, 4.69) is 20.9 Å². The zero-order valence-corrected chi connectivity index (χ0v) is 9.13. The molecule has 0 spiro atoms. The lowest BCUT2D eigenvalue weighted by Crippen LogP contribution is -2.03. The predicted octanol–water partition coefficient (Wildman–Crippen LogP) is 2.28. The SMILES string of the molecule is N#Cc1c(CO)cc(CBr)nc1C(F)F. The number of pyridine rings is 1. The Balaban J connectivity index is 3.41. The van der Waals surface area contributed by atoms with Crippen molar-refractivity contribution in [3.8, 4) is 6.07 Å². The second-order valence-electron chi connectivity index (χ2n) is 2.74. The number of nitriles is 1. The summed E-state index contributed by atoms with van der Waals surface area (Å²) < 4.78 is 25.1. The molecule has 0 amide bonds. The van der Waals surface area contributed by atoms with Gasteiger partial charge in [0.1, 0.15) is 11.8 Å². The first-order chi connectivity index (χ1) is 7.13. The molecular formula is C9H7BrF2N2O. The molecule has 0 radical (unpaired) electrons. The third kappa shape index (κ3) is 2.49. The maximum absolute atomic E-state index is 12.5. The van der Waals surface area contributed by atoms with E-state index in [0.717, 1.165) is 0 Å². The van der Waals surface area contributed by atoms with Crippen molar-refractivity contribution in [2.45, 2.75) is 18.4 Å². The number of hydrogen-bond donors (Lipinski definition) is 1. The molecule has 1 heterocycles. The second-order valence-corrected chi connectivity index (χ2v) is 3.30. The Morgan fingerprint density at radius 1 is 1.60 bits per heavy atom. The van der Waals surface area contributed by atoms with Gasteiger partial charge in [0.25, 0.3) is 6.43 Å². The van der Waals surface area contributed by atoms with Crippen LogP contribution in [0, 0.1) is 11.3 Å². The number of rotatable bonds is 3. The highest BCUT2D eigenvalue weighted by Gasteiger charge is 2.19. The number of aromatic nitrogens is 1. The van der Waals surface area contributed by atoms with Crippen LogP contribution in [0.4, 0.5) is 8.78 Å². The van der Waals surface area contributed by atoms with E-state index in [1.807, 2.05) is 0 Å². The first-order valence-electron chi connectivity index (χ1n) is 4.01. The van der Waals surface area contributed by atoms with Gasteiger partial charge in [0.2, 0.25) is 0 Å². The summed E-state index contributed by atoms with van der Waals surface area (Å²) in [6, 6.07) is 3.06. The molecule has 0 aliphatic rings. The molecule has 0 aliphatic carbocycles. The van der Waals surface area contributed by atoms with Crippen LogP contribution in [0.5, 0.6) is 0 Å². The molecular weight excluding hydrogens is 270 g/mol. The summed E-state index contributed by atoms with van der Waals surface area (Å²) in [6.07, 6.45) is -2.82. The Morgan fingerprint density at radius 2 is 2.27 bits per heavy atom. The van der Waals surface area contributed by atoms with Gasteiger partial charge in [-0.25, -0.2) is 13.8 Å². The summed E-state index contributed by atoms with van der Waals surface area (Å²) in [5.74, 6) is 0. The number of aliphatic hydroxyl groups excluding tert-OH is 1. The quantitative estimate of drug-likeness (QED) is 0.862. The van der Waals surface area contributed by atoms with Gasteiger partial charge in [-0.15, -0.1) is 0 Å². The number of alkyl halides is 3. The predicted molar refractivity (Wildman–Crippen MR) is 52.5 cm³/mol. The normalized spacial score (nSPS) is 10.4. The van der Waals surface area contributed by atoms with Crippen molar-refractivity contribution in [1.82, 2.24) is 4.98 Å². The minimum Gasteiger partial charge on any atom is -0.392 e. The maximum atomic E-state index is 12.5. The summed E-state index contributed by atoms with van der Waals surface area (Å²) in [5.41, 5.74) is -0.263. The van der Waals surface area contributed by atoms with E-state index in [1.165, 1.54) is 6.07 Å². The van der Waals surface area contributed by atoms with Gasteiger partial charge in [0.15, 0.2) is 0 Å². The van der Waals surface area contributed by atoms with E-state index >= 15 is 0 Å². The molecule has 0 saturated carbocycles. The van der Waals surface area contributed by atoms with Crippen molar-refractivity contribution >= 4 is 15.9 Å². The molecule has 1 N–H and O–H groups in total. The topological polar surface area (TPSA) is 56.9 Å². The van der Waals surface area contributed by atoms with Gasteiger partial charge in [-0.3, -0.25) is 0 Å².